The zero-order valence-corrected chi connectivity index (χ0v) is 21.3. The van der Waals surface area contributed by atoms with Crippen LogP contribution >= 0.6 is 0 Å². The minimum Gasteiger partial charge on any atom is -0.463 e. The van der Waals surface area contributed by atoms with Crippen LogP contribution in [0.25, 0.3) is 10.4 Å². The van der Waals surface area contributed by atoms with Crippen LogP contribution in [0.4, 0.5) is 0 Å². The second kappa shape index (κ2) is 14.2. The monoisotopic (exact) mass is 549 g/mol. The van der Waals surface area contributed by atoms with Gasteiger partial charge in [-0.15, -0.1) is 0 Å². The highest BCUT2D eigenvalue weighted by atomic mass is 16.7. The van der Waals surface area contributed by atoms with Gasteiger partial charge in [0.1, 0.15) is 37.1 Å². The van der Waals surface area contributed by atoms with Gasteiger partial charge in [-0.25, -0.2) is 0 Å². The predicted molar refractivity (Wildman–Crippen MR) is 119 cm³/mol. The number of azide groups is 1. The molecule has 0 bridgehead atoms. The lowest BCUT2D eigenvalue weighted by Crippen LogP contribution is -2.66. The van der Waals surface area contributed by atoms with Gasteiger partial charge >= 0.3 is 23.9 Å². The van der Waals surface area contributed by atoms with E-state index in [0.717, 1.165) is 27.7 Å². The Morgan fingerprint density at radius 2 is 1.39 bits per heavy atom. The van der Waals surface area contributed by atoms with E-state index in [1.165, 1.54) is 7.11 Å². The average Bonchev–Trinajstić information content (AvgIpc) is 2.83. The molecule has 2 aliphatic heterocycles. The quantitative estimate of drug-likeness (QED) is 0.108. The van der Waals surface area contributed by atoms with Gasteiger partial charge in [-0.2, -0.15) is 0 Å². The lowest BCUT2D eigenvalue weighted by molar-refractivity contribution is -0.343. The van der Waals surface area contributed by atoms with Crippen LogP contribution in [0.2, 0.25) is 0 Å². The maximum absolute atomic E-state index is 12.0. The van der Waals surface area contributed by atoms with E-state index in [1.54, 1.807) is 0 Å². The summed E-state index contributed by atoms with van der Waals surface area (Å²) >= 11 is 0. The van der Waals surface area contributed by atoms with E-state index in [0.29, 0.717) is 0 Å². The minimum atomic E-state index is -1.68. The zero-order valence-electron chi connectivity index (χ0n) is 21.3. The SMILES string of the molecule is CO[C@@H]1O[C@H](CO)[C@H](O)[C@H](O[C@@H]2O[C@H](COC(C)=O)[C@H](OC(C)=O)[C@H](OC(C)=O)[C@H]2OC(C)=O)[C@H]1N=[N+]=[N-]. The summed E-state index contributed by atoms with van der Waals surface area (Å²) in [4.78, 5) is 50.0. The Balaban J connectivity index is 2.56. The predicted octanol–water partition coefficient (Wildman–Crippen LogP) is -1.14. The average molecular weight is 549 g/mol. The van der Waals surface area contributed by atoms with E-state index in [-0.39, 0.29) is 0 Å². The summed E-state index contributed by atoms with van der Waals surface area (Å²) < 4.78 is 43.3. The Kier molecular flexibility index (Phi) is 11.6. The molecular weight excluding hydrogens is 518 g/mol. The first-order valence-electron chi connectivity index (χ1n) is 11.4. The van der Waals surface area contributed by atoms with Crippen molar-refractivity contribution in [3.63, 3.8) is 0 Å². The molecule has 0 spiro atoms. The fourth-order valence-corrected chi connectivity index (χ4v) is 4.04. The van der Waals surface area contributed by atoms with Crippen LogP contribution in [0.15, 0.2) is 5.11 Å². The molecule has 38 heavy (non-hydrogen) atoms. The summed E-state index contributed by atoms with van der Waals surface area (Å²) in [5.74, 6) is -3.25. The first-order valence-corrected chi connectivity index (χ1v) is 11.4. The van der Waals surface area contributed by atoms with E-state index in [4.69, 9.17) is 43.4 Å². The van der Waals surface area contributed by atoms with Crippen molar-refractivity contribution in [2.45, 2.75) is 89.0 Å². The zero-order chi connectivity index (χ0) is 28.6. The minimum absolute atomic E-state index is 0.506. The van der Waals surface area contributed by atoms with Gasteiger partial charge in [0.05, 0.1) is 6.61 Å². The van der Waals surface area contributed by atoms with Crippen molar-refractivity contribution in [3.8, 4) is 0 Å². The number of aliphatic hydroxyl groups is 2. The summed E-state index contributed by atoms with van der Waals surface area (Å²) in [6, 6.07) is -1.34. The van der Waals surface area contributed by atoms with Crippen molar-refractivity contribution in [1.82, 2.24) is 0 Å². The van der Waals surface area contributed by atoms with Crippen LogP contribution in [0, 0.1) is 0 Å². The number of carbonyl (C=O) groups excluding carboxylic acids is 4. The van der Waals surface area contributed by atoms with Crippen LogP contribution in [0.3, 0.4) is 0 Å². The van der Waals surface area contributed by atoms with Crippen molar-refractivity contribution in [3.05, 3.63) is 10.4 Å². The molecule has 17 heteroatoms. The Hall–Kier alpha value is -3.05. The number of aliphatic hydroxyl groups excluding tert-OH is 2. The molecular formula is C21H31N3O14. The van der Waals surface area contributed by atoms with E-state index in [2.05, 4.69) is 10.0 Å². The van der Waals surface area contributed by atoms with Gasteiger partial charge in [-0.1, -0.05) is 5.11 Å². The van der Waals surface area contributed by atoms with Crippen molar-refractivity contribution >= 4 is 23.9 Å². The molecule has 2 N–H and O–H groups in total. The summed E-state index contributed by atoms with van der Waals surface area (Å²) in [7, 11) is 1.22. The third-order valence-electron chi connectivity index (χ3n) is 5.48. The van der Waals surface area contributed by atoms with Gasteiger partial charge in [0.15, 0.2) is 30.9 Å². The van der Waals surface area contributed by atoms with Gasteiger partial charge in [0, 0.05) is 39.7 Å². The molecule has 2 aliphatic rings. The number of esters is 4. The Morgan fingerprint density at radius 1 is 0.842 bits per heavy atom. The topological polar surface area (TPSA) is 231 Å². The highest BCUT2D eigenvalue weighted by Gasteiger charge is 2.55. The molecule has 2 fully saturated rings. The number of rotatable bonds is 10. The van der Waals surface area contributed by atoms with Gasteiger partial charge in [0.2, 0.25) is 0 Å². The Labute approximate surface area is 216 Å². The van der Waals surface area contributed by atoms with Gasteiger partial charge in [-0.05, 0) is 5.53 Å². The van der Waals surface area contributed by atoms with Gasteiger partial charge < -0.3 is 48.1 Å². The molecule has 17 nitrogen and oxygen atoms in total. The second-order valence-corrected chi connectivity index (χ2v) is 8.32. The largest absolute Gasteiger partial charge is 0.463 e. The highest BCUT2D eigenvalue weighted by Crippen LogP contribution is 2.34. The van der Waals surface area contributed by atoms with E-state index < -0.39 is 98.4 Å². The van der Waals surface area contributed by atoms with E-state index in [9.17, 15) is 29.4 Å². The number of ether oxygens (including phenoxy) is 8. The smallest absolute Gasteiger partial charge is 0.303 e. The Bertz CT molecular complexity index is 912. The lowest BCUT2D eigenvalue weighted by atomic mass is 9.95. The van der Waals surface area contributed by atoms with Gasteiger partial charge in [-0.3, -0.25) is 19.2 Å². The third-order valence-corrected chi connectivity index (χ3v) is 5.48. The van der Waals surface area contributed by atoms with Gasteiger partial charge in [0.25, 0.3) is 0 Å². The highest BCUT2D eigenvalue weighted by molar-refractivity contribution is 5.68. The molecule has 0 aromatic carbocycles. The van der Waals surface area contributed by atoms with Crippen molar-refractivity contribution in [1.29, 1.82) is 0 Å². The molecule has 2 heterocycles. The van der Waals surface area contributed by atoms with Crippen LogP contribution in [0.1, 0.15) is 27.7 Å². The fraction of sp³-hybridized carbons (Fsp3) is 0.810. The molecule has 2 saturated heterocycles. The summed E-state index contributed by atoms with van der Waals surface area (Å²) in [5.41, 5.74) is 9.07. The maximum atomic E-state index is 12.0. The van der Waals surface area contributed by atoms with Crippen molar-refractivity contribution < 1.29 is 67.3 Å². The molecule has 0 aliphatic carbocycles. The molecule has 0 radical (unpaired) electrons. The van der Waals surface area contributed by atoms with Crippen LogP contribution in [-0.4, -0.2) is 116 Å². The van der Waals surface area contributed by atoms with Crippen LogP contribution in [0.5, 0.6) is 0 Å². The molecule has 0 unspecified atom stereocenters. The van der Waals surface area contributed by atoms with Crippen LogP contribution in [-0.2, 0) is 57.1 Å². The Morgan fingerprint density at radius 3 is 1.89 bits per heavy atom. The number of carbonyl (C=O) groups is 4. The fourth-order valence-electron chi connectivity index (χ4n) is 4.04. The second-order valence-electron chi connectivity index (χ2n) is 8.32. The molecule has 0 aromatic heterocycles. The summed E-state index contributed by atoms with van der Waals surface area (Å²) in [6.45, 7) is 3.10. The first-order chi connectivity index (χ1) is 17.9. The molecule has 0 amide bonds. The number of hydrogen-bond acceptors (Lipinski definition) is 15. The molecule has 214 valence electrons. The first kappa shape index (κ1) is 31.2. The summed E-state index contributed by atoms with van der Waals surface area (Å²) in [6.07, 6.45) is -13.2. The number of methoxy groups -OCH3 is 1. The maximum Gasteiger partial charge on any atom is 0.303 e. The van der Waals surface area contributed by atoms with Crippen molar-refractivity contribution in [2.75, 3.05) is 20.3 Å². The van der Waals surface area contributed by atoms with E-state index in [1.807, 2.05) is 0 Å². The lowest BCUT2D eigenvalue weighted by Gasteiger charge is -2.47. The molecule has 10 atom stereocenters. The standard InChI is InChI=1S/C21H31N3O14/c1-8(26)32-7-13-16(33-9(2)27)18(34-10(3)28)19(35-11(4)29)21(37-13)38-17-14(23-24-22)20(31-5)36-12(6-25)15(17)30/h12-21,25,30H,6-7H2,1-5H3/t12-,13-,14-,15+,16+,17-,18+,19-,20-,21+/m1/s1. The number of hydrogen-bond donors (Lipinski definition) is 2. The third kappa shape index (κ3) is 7.97. The summed E-state index contributed by atoms with van der Waals surface area (Å²) in [5, 5.41) is 24.0. The van der Waals surface area contributed by atoms with E-state index >= 15 is 0 Å². The van der Waals surface area contributed by atoms with Crippen molar-refractivity contribution in [2.24, 2.45) is 5.11 Å². The van der Waals surface area contributed by atoms with Crippen LogP contribution < -0.4 is 0 Å². The molecule has 2 rings (SSSR count). The number of nitrogens with zero attached hydrogens (tertiary/aromatic N) is 3. The molecule has 0 aromatic rings. The normalized spacial score (nSPS) is 34.8. The molecule has 0 saturated carbocycles.